The maximum absolute atomic E-state index is 10.7. The van der Waals surface area contributed by atoms with E-state index in [1.807, 2.05) is 6.07 Å². The Morgan fingerprint density at radius 2 is 1.15 bits per heavy atom. The zero-order valence-corrected chi connectivity index (χ0v) is 15.8. The Kier molecular flexibility index (Phi) is 6.12. The van der Waals surface area contributed by atoms with Crippen LogP contribution in [0.2, 0.25) is 0 Å². The van der Waals surface area contributed by atoms with Gasteiger partial charge in [0.15, 0.2) is 0 Å². The quantitative estimate of drug-likeness (QED) is 0.550. The zero-order chi connectivity index (χ0) is 18.4. The lowest BCUT2D eigenvalue weighted by molar-refractivity contribution is 0.457. The molecule has 1 nitrogen and oxygen atoms in total. The number of phenolic OH excluding ortho intramolecular Hbond substituents is 1. The van der Waals surface area contributed by atoms with E-state index < -0.39 is 0 Å². The Balaban J connectivity index is 1.79. The Morgan fingerprint density at radius 1 is 0.654 bits per heavy atom. The number of aryl methyl sites for hydroxylation is 4. The minimum Gasteiger partial charge on any atom is -0.507 e. The monoisotopic (exact) mass is 344 g/mol. The van der Waals surface area contributed by atoms with Crippen molar-refractivity contribution in [2.45, 2.75) is 45.4 Å². The van der Waals surface area contributed by atoms with Crippen LogP contribution >= 0.6 is 0 Å². The van der Waals surface area contributed by atoms with Crippen molar-refractivity contribution in [3.8, 4) is 5.75 Å². The van der Waals surface area contributed by atoms with Gasteiger partial charge in [0.2, 0.25) is 0 Å². The molecule has 3 aromatic carbocycles. The van der Waals surface area contributed by atoms with Crippen molar-refractivity contribution in [1.82, 2.24) is 0 Å². The van der Waals surface area contributed by atoms with E-state index in [4.69, 9.17) is 0 Å². The van der Waals surface area contributed by atoms with Gasteiger partial charge in [-0.2, -0.15) is 0 Å². The van der Waals surface area contributed by atoms with Gasteiger partial charge < -0.3 is 5.11 Å². The van der Waals surface area contributed by atoms with Crippen LogP contribution in [0.25, 0.3) is 0 Å². The SMILES string of the molecule is CC(C)c1cc(CCc2ccccc2)cc(CCc2ccccc2)c1O. The van der Waals surface area contributed by atoms with Crippen LogP contribution in [0.4, 0.5) is 0 Å². The Morgan fingerprint density at radius 3 is 1.69 bits per heavy atom. The Labute approximate surface area is 157 Å². The van der Waals surface area contributed by atoms with Gasteiger partial charge in [-0.05, 0) is 59.4 Å². The molecule has 0 saturated heterocycles. The van der Waals surface area contributed by atoms with Crippen molar-refractivity contribution in [2.24, 2.45) is 0 Å². The molecular formula is C25H28O. The second kappa shape index (κ2) is 8.71. The van der Waals surface area contributed by atoms with Crippen LogP contribution in [0.3, 0.4) is 0 Å². The predicted molar refractivity (Wildman–Crippen MR) is 110 cm³/mol. The molecule has 0 unspecified atom stereocenters. The summed E-state index contributed by atoms with van der Waals surface area (Å²) < 4.78 is 0. The van der Waals surface area contributed by atoms with E-state index >= 15 is 0 Å². The van der Waals surface area contributed by atoms with Crippen LogP contribution in [0.5, 0.6) is 5.75 Å². The molecule has 26 heavy (non-hydrogen) atoms. The fourth-order valence-corrected chi connectivity index (χ4v) is 3.42. The molecule has 0 bridgehead atoms. The number of hydrogen-bond donors (Lipinski definition) is 1. The van der Waals surface area contributed by atoms with E-state index in [0.717, 1.165) is 36.8 Å². The van der Waals surface area contributed by atoms with Crippen molar-refractivity contribution >= 4 is 0 Å². The lowest BCUT2D eigenvalue weighted by Crippen LogP contribution is -2.00. The van der Waals surface area contributed by atoms with Gasteiger partial charge in [0.05, 0.1) is 0 Å². The summed E-state index contributed by atoms with van der Waals surface area (Å²) >= 11 is 0. The van der Waals surface area contributed by atoms with Gasteiger partial charge in [-0.3, -0.25) is 0 Å². The van der Waals surface area contributed by atoms with Crippen LogP contribution in [0.1, 0.15) is 47.6 Å². The molecular weight excluding hydrogens is 316 g/mol. The van der Waals surface area contributed by atoms with E-state index in [1.165, 1.54) is 16.7 Å². The standard InChI is InChI=1S/C25H28O/c1-19(2)24-18-22(14-13-20-9-5-3-6-10-20)17-23(25(24)26)16-15-21-11-7-4-8-12-21/h3-12,17-19,26H,13-16H2,1-2H3. The third-order valence-electron chi connectivity index (χ3n) is 4.97. The molecule has 0 aliphatic carbocycles. The molecule has 0 heterocycles. The molecule has 1 heteroatoms. The van der Waals surface area contributed by atoms with E-state index in [2.05, 4.69) is 80.6 Å². The highest BCUT2D eigenvalue weighted by molar-refractivity contribution is 5.46. The molecule has 3 rings (SSSR count). The predicted octanol–water partition coefficient (Wildman–Crippen LogP) is 6.09. The maximum atomic E-state index is 10.7. The molecule has 0 aliphatic rings. The fraction of sp³-hybridized carbons (Fsp3) is 0.280. The topological polar surface area (TPSA) is 20.2 Å². The summed E-state index contributed by atoms with van der Waals surface area (Å²) in [6.45, 7) is 4.30. The Bertz CT molecular complexity index is 820. The summed E-state index contributed by atoms with van der Waals surface area (Å²) in [5.74, 6) is 0.807. The largest absolute Gasteiger partial charge is 0.507 e. The normalized spacial score (nSPS) is 11.0. The van der Waals surface area contributed by atoms with Crippen LogP contribution in [-0.2, 0) is 25.7 Å². The van der Waals surface area contributed by atoms with Gasteiger partial charge in [0, 0.05) is 0 Å². The van der Waals surface area contributed by atoms with Gasteiger partial charge in [0.25, 0.3) is 0 Å². The summed E-state index contributed by atoms with van der Waals surface area (Å²) in [5.41, 5.74) is 6.13. The first kappa shape index (κ1) is 18.3. The lowest BCUT2D eigenvalue weighted by atomic mass is 9.91. The first-order valence-corrected chi connectivity index (χ1v) is 9.56. The Hall–Kier alpha value is -2.54. The number of phenols is 1. The van der Waals surface area contributed by atoms with Gasteiger partial charge >= 0.3 is 0 Å². The highest BCUT2D eigenvalue weighted by Gasteiger charge is 2.13. The fourth-order valence-electron chi connectivity index (χ4n) is 3.42. The molecule has 134 valence electrons. The van der Waals surface area contributed by atoms with E-state index in [9.17, 15) is 5.11 Å². The van der Waals surface area contributed by atoms with Crippen LogP contribution in [0.15, 0.2) is 72.8 Å². The molecule has 0 amide bonds. The van der Waals surface area contributed by atoms with Gasteiger partial charge in [-0.1, -0.05) is 86.6 Å². The van der Waals surface area contributed by atoms with Crippen molar-refractivity contribution in [1.29, 1.82) is 0 Å². The summed E-state index contributed by atoms with van der Waals surface area (Å²) in [6, 6.07) is 25.5. The third-order valence-corrected chi connectivity index (χ3v) is 4.97. The van der Waals surface area contributed by atoms with Gasteiger partial charge in [0.1, 0.15) is 5.75 Å². The summed E-state index contributed by atoms with van der Waals surface area (Å²) in [7, 11) is 0. The zero-order valence-electron chi connectivity index (χ0n) is 15.8. The highest BCUT2D eigenvalue weighted by Crippen LogP contribution is 2.32. The second-order valence-corrected chi connectivity index (χ2v) is 7.32. The van der Waals surface area contributed by atoms with Crippen molar-refractivity contribution in [2.75, 3.05) is 0 Å². The van der Waals surface area contributed by atoms with Crippen LogP contribution in [-0.4, -0.2) is 5.11 Å². The molecule has 0 aliphatic heterocycles. The van der Waals surface area contributed by atoms with E-state index in [1.54, 1.807) is 0 Å². The first-order valence-electron chi connectivity index (χ1n) is 9.56. The smallest absolute Gasteiger partial charge is 0.122 e. The minimum atomic E-state index is 0.321. The summed E-state index contributed by atoms with van der Waals surface area (Å²) in [5, 5.41) is 10.7. The minimum absolute atomic E-state index is 0.321. The highest BCUT2D eigenvalue weighted by atomic mass is 16.3. The molecule has 0 radical (unpaired) electrons. The average molecular weight is 344 g/mol. The first-order chi connectivity index (χ1) is 12.6. The number of hydrogen-bond acceptors (Lipinski definition) is 1. The third kappa shape index (κ3) is 4.76. The molecule has 0 fully saturated rings. The van der Waals surface area contributed by atoms with E-state index in [0.29, 0.717) is 11.7 Å². The van der Waals surface area contributed by atoms with Crippen molar-refractivity contribution in [3.05, 3.63) is 101 Å². The van der Waals surface area contributed by atoms with Gasteiger partial charge in [-0.15, -0.1) is 0 Å². The van der Waals surface area contributed by atoms with Crippen LogP contribution in [0, 0.1) is 0 Å². The summed E-state index contributed by atoms with van der Waals surface area (Å²) in [4.78, 5) is 0. The molecule has 0 aromatic heterocycles. The second-order valence-electron chi connectivity index (χ2n) is 7.32. The van der Waals surface area contributed by atoms with Crippen molar-refractivity contribution in [3.63, 3.8) is 0 Å². The molecule has 1 N–H and O–H groups in total. The van der Waals surface area contributed by atoms with E-state index in [-0.39, 0.29) is 0 Å². The number of aromatic hydroxyl groups is 1. The maximum Gasteiger partial charge on any atom is 0.122 e. The molecule has 0 saturated carbocycles. The number of benzene rings is 3. The molecule has 0 spiro atoms. The average Bonchev–Trinajstić information content (AvgIpc) is 2.67. The summed E-state index contributed by atoms with van der Waals surface area (Å²) in [6.07, 6.45) is 3.85. The number of rotatable bonds is 7. The lowest BCUT2D eigenvalue weighted by Gasteiger charge is -2.16. The molecule has 3 aromatic rings. The van der Waals surface area contributed by atoms with Crippen molar-refractivity contribution < 1.29 is 5.11 Å². The van der Waals surface area contributed by atoms with Gasteiger partial charge in [-0.25, -0.2) is 0 Å². The van der Waals surface area contributed by atoms with Crippen LogP contribution < -0.4 is 0 Å². The molecule has 0 atom stereocenters.